The molecule has 0 saturated carbocycles. The van der Waals surface area contributed by atoms with Gasteiger partial charge in [-0.15, -0.1) is 0 Å². The van der Waals surface area contributed by atoms with E-state index in [9.17, 15) is 20.1 Å². The number of benzene rings is 1. The molecule has 6 heteroatoms. The molecule has 1 heterocycles. The highest BCUT2D eigenvalue weighted by molar-refractivity contribution is 5.97. The van der Waals surface area contributed by atoms with Crippen molar-refractivity contribution >= 4 is 5.97 Å². The summed E-state index contributed by atoms with van der Waals surface area (Å²) in [5.74, 6) is -1.85. The maximum atomic E-state index is 11.6. The van der Waals surface area contributed by atoms with E-state index in [-0.39, 0.29) is 22.6 Å². The third-order valence-electron chi connectivity index (χ3n) is 2.73. The molecule has 92 valence electrons. The van der Waals surface area contributed by atoms with Crippen LogP contribution >= 0.6 is 0 Å². The van der Waals surface area contributed by atoms with Gasteiger partial charge in [-0.05, 0) is 13.0 Å². The summed E-state index contributed by atoms with van der Waals surface area (Å²) in [6.45, 7) is 1.52. The van der Waals surface area contributed by atoms with Crippen LogP contribution in [0.3, 0.4) is 0 Å². The van der Waals surface area contributed by atoms with Gasteiger partial charge in [-0.2, -0.15) is 0 Å². The van der Waals surface area contributed by atoms with Crippen LogP contribution in [-0.2, 0) is 4.74 Å². The van der Waals surface area contributed by atoms with E-state index in [0.717, 1.165) is 0 Å². The van der Waals surface area contributed by atoms with Gasteiger partial charge in [-0.3, -0.25) is 0 Å². The summed E-state index contributed by atoms with van der Waals surface area (Å²) in [7, 11) is 1.24. The van der Waals surface area contributed by atoms with Crippen LogP contribution in [0.2, 0.25) is 0 Å². The number of hydrogen-bond donors (Lipinski definition) is 3. The molecule has 17 heavy (non-hydrogen) atoms. The molecule has 0 saturated heterocycles. The van der Waals surface area contributed by atoms with Crippen molar-refractivity contribution in [3.8, 4) is 17.2 Å². The number of phenolic OH excluding ortho intramolecular Hbond substituents is 2. The second-order valence-electron chi connectivity index (χ2n) is 3.80. The van der Waals surface area contributed by atoms with Crippen molar-refractivity contribution in [3.05, 3.63) is 17.2 Å². The van der Waals surface area contributed by atoms with E-state index in [0.29, 0.717) is 0 Å². The molecule has 3 N–H and O–H groups in total. The number of ether oxygens (including phenoxy) is 2. The fraction of sp³-hybridized carbons (Fsp3) is 0.364. The Morgan fingerprint density at radius 1 is 1.41 bits per heavy atom. The summed E-state index contributed by atoms with van der Waals surface area (Å²) >= 11 is 0. The first-order valence-electron chi connectivity index (χ1n) is 4.99. The Labute approximate surface area is 97.0 Å². The minimum absolute atomic E-state index is 0.129. The number of phenols is 2. The molecule has 6 nitrogen and oxygen atoms in total. The smallest absolute Gasteiger partial charge is 0.342 e. The highest BCUT2D eigenvalue weighted by Crippen LogP contribution is 2.45. The Hall–Kier alpha value is -1.95. The van der Waals surface area contributed by atoms with Gasteiger partial charge in [0.25, 0.3) is 0 Å². The molecule has 1 aliphatic rings. The van der Waals surface area contributed by atoms with E-state index in [1.807, 2.05) is 0 Å². The standard InChI is InChI=1S/C11H12O6/c1-4-8(13)5-3-6(12)10(16-2)9(14)7(5)11(15)17-4/h3-4,8,12-14H,1-2H3/t4-,8+/m1/s1. The topological polar surface area (TPSA) is 96.2 Å². The van der Waals surface area contributed by atoms with Crippen molar-refractivity contribution in [2.45, 2.75) is 19.1 Å². The van der Waals surface area contributed by atoms with Gasteiger partial charge in [0.2, 0.25) is 5.75 Å². The highest BCUT2D eigenvalue weighted by atomic mass is 16.6. The number of rotatable bonds is 1. The molecule has 1 aliphatic heterocycles. The Bertz CT molecular complexity index is 481. The van der Waals surface area contributed by atoms with Gasteiger partial charge in [-0.25, -0.2) is 4.79 Å². The fourth-order valence-corrected chi connectivity index (χ4v) is 1.85. The van der Waals surface area contributed by atoms with Crippen molar-refractivity contribution in [2.75, 3.05) is 7.11 Å². The Balaban J connectivity index is 2.70. The van der Waals surface area contributed by atoms with Gasteiger partial charge in [0, 0.05) is 5.56 Å². The summed E-state index contributed by atoms with van der Waals surface area (Å²) in [4.78, 5) is 11.6. The molecule has 0 fully saturated rings. The first kappa shape index (κ1) is 11.5. The minimum Gasteiger partial charge on any atom is -0.504 e. The molecule has 0 bridgehead atoms. The Morgan fingerprint density at radius 3 is 2.65 bits per heavy atom. The summed E-state index contributed by atoms with van der Waals surface area (Å²) in [6.07, 6.45) is -1.83. The van der Waals surface area contributed by atoms with Crippen molar-refractivity contribution < 1.29 is 29.6 Å². The summed E-state index contributed by atoms with van der Waals surface area (Å²) < 4.78 is 9.62. The zero-order chi connectivity index (χ0) is 12.7. The summed E-state index contributed by atoms with van der Waals surface area (Å²) in [6, 6.07) is 1.19. The number of fused-ring (bicyclic) bond motifs is 1. The number of aliphatic hydroxyl groups excluding tert-OH is 1. The van der Waals surface area contributed by atoms with Crippen molar-refractivity contribution in [1.82, 2.24) is 0 Å². The average molecular weight is 240 g/mol. The molecule has 1 aromatic carbocycles. The van der Waals surface area contributed by atoms with E-state index in [1.54, 1.807) is 0 Å². The van der Waals surface area contributed by atoms with Crippen molar-refractivity contribution in [3.63, 3.8) is 0 Å². The monoisotopic (exact) mass is 240 g/mol. The molecule has 2 atom stereocenters. The average Bonchev–Trinajstić information content (AvgIpc) is 2.25. The zero-order valence-corrected chi connectivity index (χ0v) is 9.30. The second kappa shape index (κ2) is 3.81. The molecule has 0 spiro atoms. The number of esters is 1. The van der Waals surface area contributed by atoms with E-state index in [4.69, 9.17) is 9.47 Å². The van der Waals surface area contributed by atoms with E-state index >= 15 is 0 Å². The molecular weight excluding hydrogens is 228 g/mol. The lowest BCUT2D eigenvalue weighted by Gasteiger charge is -2.28. The molecule has 0 aromatic heterocycles. The lowest BCUT2D eigenvalue weighted by atomic mass is 9.95. The predicted octanol–water partition coefficient (Wildman–Crippen LogP) is 0.699. The maximum absolute atomic E-state index is 11.6. The van der Waals surface area contributed by atoms with Crippen LogP contribution in [0.15, 0.2) is 6.07 Å². The van der Waals surface area contributed by atoms with Gasteiger partial charge < -0.3 is 24.8 Å². The third-order valence-corrected chi connectivity index (χ3v) is 2.73. The molecule has 0 amide bonds. The fourth-order valence-electron chi connectivity index (χ4n) is 1.85. The molecule has 2 rings (SSSR count). The summed E-state index contributed by atoms with van der Waals surface area (Å²) in [5, 5.41) is 29.2. The van der Waals surface area contributed by atoms with Gasteiger partial charge in [0.15, 0.2) is 11.5 Å². The van der Waals surface area contributed by atoms with Crippen LogP contribution in [-0.4, -0.2) is 34.5 Å². The predicted molar refractivity (Wildman–Crippen MR) is 56.2 cm³/mol. The first-order valence-corrected chi connectivity index (χ1v) is 4.99. The van der Waals surface area contributed by atoms with Gasteiger partial charge in [0.05, 0.1) is 7.11 Å². The van der Waals surface area contributed by atoms with Crippen molar-refractivity contribution in [1.29, 1.82) is 0 Å². The molecule has 1 aromatic rings. The van der Waals surface area contributed by atoms with Gasteiger partial charge >= 0.3 is 5.97 Å². The maximum Gasteiger partial charge on any atom is 0.342 e. The largest absolute Gasteiger partial charge is 0.504 e. The molecule has 0 aliphatic carbocycles. The lowest BCUT2D eigenvalue weighted by molar-refractivity contribution is -0.0218. The normalized spacial score (nSPS) is 22.9. The van der Waals surface area contributed by atoms with E-state index in [1.165, 1.54) is 20.1 Å². The Morgan fingerprint density at radius 2 is 2.06 bits per heavy atom. The first-order chi connectivity index (χ1) is 7.97. The molecular formula is C11H12O6. The Kier molecular flexibility index (Phi) is 2.59. The third kappa shape index (κ3) is 1.57. The van der Waals surface area contributed by atoms with Crippen LogP contribution in [0.4, 0.5) is 0 Å². The number of carbonyl (C=O) groups is 1. The number of cyclic esters (lactones) is 1. The van der Waals surface area contributed by atoms with Crippen LogP contribution in [0.5, 0.6) is 17.2 Å². The van der Waals surface area contributed by atoms with Crippen LogP contribution in [0.25, 0.3) is 0 Å². The van der Waals surface area contributed by atoms with Gasteiger partial charge in [0.1, 0.15) is 17.8 Å². The SMILES string of the molecule is COc1c(O)cc2c(c1O)C(=O)O[C@H](C)[C@@H]2O. The van der Waals surface area contributed by atoms with E-state index < -0.39 is 23.9 Å². The number of aromatic hydroxyl groups is 2. The molecule has 0 radical (unpaired) electrons. The zero-order valence-electron chi connectivity index (χ0n) is 9.30. The number of carbonyl (C=O) groups excluding carboxylic acids is 1. The van der Waals surface area contributed by atoms with Crippen LogP contribution < -0.4 is 4.74 Å². The second-order valence-corrected chi connectivity index (χ2v) is 3.80. The molecule has 0 unspecified atom stereocenters. The highest BCUT2D eigenvalue weighted by Gasteiger charge is 2.36. The number of aliphatic hydroxyl groups is 1. The quantitative estimate of drug-likeness (QED) is 0.625. The lowest BCUT2D eigenvalue weighted by Crippen LogP contribution is -2.30. The van der Waals surface area contributed by atoms with Gasteiger partial charge in [-0.1, -0.05) is 0 Å². The number of methoxy groups -OCH3 is 1. The van der Waals surface area contributed by atoms with Crippen LogP contribution in [0, 0.1) is 0 Å². The number of hydrogen-bond acceptors (Lipinski definition) is 6. The van der Waals surface area contributed by atoms with Crippen LogP contribution in [0.1, 0.15) is 28.9 Å². The van der Waals surface area contributed by atoms with E-state index in [2.05, 4.69) is 0 Å². The van der Waals surface area contributed by atoms with Crippen molar-refractivity contribution in [2.24, 2.45) is 0 Å². The summed E-state index contributed by atoms with van der Waals surface area (Å²) in [5.41, 5.74) is -0.0465. The minimum atomic E-state index is -1.09.